The Balaban J connectivity index is 1.54. The van der Waals surface area contributed by atoms with E-state index in [0.29, 0.717) is 6.79 Å². The molecule has 1 aliphatic carbocycles. The summed E-state index contributed by atoms with van der Waals surface area (Å²) in [5.74, 6) is 2.56. The van der Waals surface area contributed by atoms with Crippen LogP contribution in [-0.2, 0) is 6.54 Å². The maximum atomic E-state index is 5.42. The van der Waals surface area contributed by atoms with Crippen molar-refractivity contribution in [3.05, 3.63) is 22.2 Å². The van der Waals surface area contributed by atoms with Gasteiger partial charge in [-0.25, -0.2) is 0 Å². The standard InChI is InChI=1S/C15H20BrNO2/c16-13-7-15-14(18-10-19-15)6-12(13)9-17-8-11-4-2-1-3-5-11/h6-7,11,17H,1-5,8-10H2. The molecule has 2 aliphatic rings. The van der Waals surface area contributed by atoms with Crippen molar-refractivity contribution in [2.45, 2.75) is 38.6 Å². The van der Waals surface area contributed by atoms with E-state index < -0.39 is 0 Å². The maximum Gasteiger partial charge on any atom is 0.231 e. The van der Waals surface area contributed by atoms with Gasteiger partial charge in [-0.2, -0.15) is 0 Å². The van der Waals surface area contributed by atoms with Crippen molar-refractivity contribution in [2.75, 3.05) is 13.3 Å². The highest BCUT2D eigenvalue weighted by molar-refractivity contribution is 9.10. The van der Waals surface area contributed by atoms with Crippen molar-refractivity contribution in [3.63, 3.8) is 0 Å². The average molecular weight is 326 g/mol. The zero-order valence-corrected chi connectivity index (χ0v) is 12.7. The number of rotatable bonds is 4. The van der Waals surface area contributed by atoms with Crippen molar-refractivity contribution in [2.24, 2.45) is 5.92 Å². The summed E-state index contributed by atoms with van der Waals surface area (Å²) >= 11 is 3.60. The third kappa shape index (κ3) is 3.23. The van der Waals surface area contributed by atoms with Gasteiger partial charge in [0.2, 0.25) is 6.79 Å². The molecular weight excluding hydrogens is 306 g/mol. The third-order valence-corrected chi connectivity index (χ3v) is 4.75. The molecule has 0 atom stereocenters. The molecule has 1 heterocycles. The topological polar surface area (TPSA) is 30.5 Å². The molecule has 104 valence electrons. The number of halogens is 1. The van der Waals surface area contributed by atoms with Crippen LogP contribution in [0.2, 0.25) is 0 Å². The summed E-state index contributed by atoms with van der Waals surface area (Å²) in [6.45, 7) is 2.34. The maximum absolute atomic E-state index is 5.42. The molecule has 1 aromatic carbocycles. The van der Waals surface area contributed by atoms with Crippen LogP contribution in [0.4, 0.5) is 0 Å². The summed E-state index contributed by atoms with van der Waals surface area (Å²) in [5, 5.41) is 3.58. The number of nitrogens with one attached hydrogen (secondary N) is 1. The van der Waals surface area contributed by atoms with E-state index in [1.807, 2.05) is 6.07 Å². The Bertz CT molecular complexity index is 444. The fourth-order valence-electron chi connectivity index (χ4n) is 2.90. The van der Waals surface area contributed by atoms with Crippen LogP contribution in [0.1, 0.15) is 37.7 Å². The zero-order chi connectivity index (χ0) is 13.1. The quantitative estimate of drug-likeness (QED) is 0.912. The highest BCUT2D eigenvalue weighted by Crippen LogP contribution is 2.36. The molecule has 0 radical (unpaired) electrons. The van der Waals surface area contributed by atoms with Gasteiger partial charge in [0.15, 0.2) is 11.5 Å². The van der Waals surface area contributed by atoms with E-state index in [0.717, 1.165) is 35.0 Å². The molecule has 0 amide bonds. The summed E-state index contributed by atoms with van der Waals surface area (Å²) in [6.07, 6.45) is 6.99. The molecule has 0 aromatic heterocycles. The second-order valence-electron chi connectivity index (χ2n) is 5.43. The van der Waals surface area contributed by atoms with E-state index in [1.165, 1.54) is 37.7 Å². The Hall–Kier alpha value is -0.740. The molecule has 3 rings (SSSR count). The molecule has 1 N–H and O–H groups in total. The third-order valence-electron chi connectivity index (χ3n) is 4.01. The molecule has 1 fully saturated rings. The molecule has 3 nitrogen and oxygen atoms in total. The number of benzene rings is 1. The predicted octanol–water partition coefficient (Wildman–Crippen LogP) is 3.85. The first kappa shape index (κ1) is 13.3. The van der Waals surface area contributed by atoms with Gasteiger partial charge in [0.1, 0.15) is 0 Å². The monoisotopic (exact) mass is 325 g/mol. The molecule has 1 aliphatic heterocycles. The first-order valence-corrected chi connectivity index (χ1v) is 7.91. The smallest absolute Gasteiger partial charge is 0.231 e. The van der Waals surface area contributed by atoms with E-state index in [2.05, 4.69) is 27.3 Å². The van der Waals surface area contributed by atoms with Crippen LogP contribution in [0.5, 0.6) is 11.5 Å². The highest BCUT2D eigenvalue weighted by Gasteiger charge is 2.17. The van der Waals surface area contributed by atoms with Crippen molar-refractivity contribution in [3.8, 4) is 11.5 Å². The highest BCUT2D eigenvalue weighted by atomic mass is 79.9. The summed E-state index contributed by atoms with van der Waals surface area (Å²) in [5.41, 5.74) is 1.24. The van der Waals surface area contributed by atoms with Crippen molar-refractivity contribution in [1.82, 2.24) is 5.32 Å². The largest absolute Gasteiger partial charge is 0.454 e. The van der Waals surface area contributed by atoms with Crippen LogP contribution in [0.3, 0.4) is 0 Å². The van der Waals surface area contributed by atoms with Crippen molar-refractivity contribution < 1.29 is 9.47 Å². The van der Waals surface area contributed by atoms with Gasteiger partial charge in [0, 0.05) is 11.0 Å². The Morgan fingerprint density at radius 1 is 1.11 bits per heavy atom. The van der Waals surface area contributed by atoms with Gasteiger partial charge in [0.05, 0.1) is 0 Å². The molecule has 19 heavy (non-hydrogen) atoms. The van der Waals surface area contributed by atoms with Crippen molar-refractivity contribution in [1.29, 1.82) is 0 Å². The minimum absolute atomic E-state index is 0.334. The SMILES string of the molecule is Brc1cc2c(cc1CNCC1CCCCC1)OCO2. The molecule has 4 heteroatoms. The molecule has 0 unspecified atom stereocenters. The van der Waals surface area contributed by atoms with E-state index in [-0.39, 0.29) is 0 Å². The van der Waals surface area contributed by atoms with Gasteiger partial charge >= 0.3 is 0 Å². The number of hydrogen-bond acceptors (Lipinski definition) is 3. The second-order valence-corrected chi connectivity index (χ2v) is 6.29. The summed E-state index contributed by atoms with van der Waals surface area (Å²) < 4.78 is 11.9. The lowest BCUT2D eigenvalue weighted by molar-refractivity contribution is 0.174. The Kier molecular flexibility index (Phi) is 4.28. The van der Waals surface area contributed by atoms with Gasteiger partial charge in [-0.15, -0.1) is 0 Å². The van der Waals surface area contributed by atoms with Gasteiger partial charge in [-0.3, -0.25) is 0 Å². The van der Waals surface area contributed by atoms with Crippen LogP contribution in [-0.4, -0.2) is 13.3 Å². The molecule has 1 saturated carbocycles. The minimum Gasteiger partial charge on any atom is -0.454 e. The van der Waals surface area contributed by atoms with Gasteiger partial charge in [0.25, 0.3) is 0 Å². The van der Waals surface area contributed by atoms with E-state index in [4.69, 9.17) is 9.47 Å². The van der Waals surface area contributed by atoms with Crippen LogP contribution in [0, 0.1) is 5.92 Å². The first-order chi connectivity index (χ1) is 9.33. The molecule has 0 saturated heterocycles. The normalized spacial score (nSPS) is 18.8. The number of fused-ring (bicyclic) bond motifs is 1. The summed E-state index contributed by atoms with van der Waals surface area (Å²) in [6, 6.07) is 4.07. The van der Waals surface area contributed by atoms with Crippen LogP contribution >= 0.6 is 15.9 Å². The fraction of sp³-hybridized carbons (Fsp3) is 0.600. The molecule has 0 spiro atoms. The van der Waals surface area contributed by atoms with Crippen molar-refractivity contribution >= 4 is 15.9 Å². The summed E-state index contributed by atoms with van der Waals surface area (Å²) in [4.78, 5) is 0. The minimum atomic E-state index is 0.334. The van der Waals surface area contributed by atoms with Gasteiger partial charge < -0.3 is 14.8 Å². The van der Waals surface area contributed by atoms with E-state index in [1.54, 1.807) is 0 Å². The number of hydrogen-bond donors (Lipinski definition) is 1. The Morgan fingerprint density at radius 2 is 1.84 bits per heavy atom. The Labute approximate surface area is 122 Å². The lowest BCUT2D eigenvalue weighted by Gasteiger charge is -2.22. The Morgan fingerprint density at radius 3 is 2.63 bits per heavy atom. The van der Waals surface area contributed by atoms with E-state index in [9.17, 15) is 0 Å². The lowest BCUT2D eigenvalue weighted by atomic mass is 9.89. The van der Waals surface area contributed by atoms with Crippen LogP contribution in [0.25, 0.3) is 0 Å². The van der Waals surface area contributed by atoms with Gasteiger partial charge in [-0.1, -0.05) is 35.2 Å². The van der Waals surface area contributed by atoms with Crippen LogP contribution in [0.15, 0.2) is 16.6 Å². The molecular formula is C15H20BrNO2. The fourth-order valence-corrected chi connectivity index (χ4v) is 3.36. The first-order valence-electron chi connectivity index (χ1n) is 7.11. The molecule has 0 bridgehead atoms. The summed E-state index contributed by atoms with van der Waals surface area (Å²) in [7, 11) is 0. The van der Waals surface area contributed by atoms with Crippen LogP contribution < -0.4 is 14.8 Å². The average Bonchev–Trinajstić information content (AvgIpc) is 2.87. The second kappa shape index (κ2) is 6.14. The lowest BCUT2D eigenvalue weighted by Crippen LogP contribution is -2.24. The zero-order valence-electron chi connectivity index (χ0n) is 11.1. The van der Waals surface area contributed by atoms with E-state index >= 15 is 0 Å². The molecule has 1 aromatic rings. The van der Waals surface area contributed by atoms with Gasteiger partial charge in [-0.05, 0) is 43.0 Å². The predicted molar refractivity (Wildman–Crippen MR) is 78.5 cm³/mol. The number of ether oxygens (including phenoxy) is 2.